The summed E-state index contributed by atoms with van der Waals surface area (Å²) in [4.78, 5) is 25.1. The second-order valence-electron chi connectivity index (χ2n) is 6.88. The summed E-state index contributed by atoms with van der Waals surface area (Å²) in [7, 11) is 1.81. The number of hydrogen-bond acceptors (Lipinski definition) is 6. The number of carbonyl (C=O) groups is 1. The average molecular weight is 383 g/mol. The van der Waals surface area contributed by atoms with E-state index in [1.807, 2.05) is 31.4 Å². The molecule has 0 spiro atoms. The molecule has 8 nitrogen and oxygen atoms in total. The number of nitrogens with zero attached hydrogens (tertiary/aromatic N) is 5. The Hall–Kier alpha value is -3.99. The minimum Gasteiger partial charge on any atom is -0.373 e. The predicted octanol–water partition coefficient (Wildman–Crippen LogP) is 2.46. The second-order valence-corrected chi connectivity index (χ2v) is 6.88. The Morgan fingerprint density at radius 3 is 2.86 bits per heavy atom. The van der Waals surface area contributed by atoms with E-state index < -0.39 is 0 Å². The molecule has 0 bridgehead atoms. The van der Waals surface area contributed by atoms with Crippen LogP contribution >= 0.6 is 0 Å². The summed E-state index contributed by atoms with van der Waals surface area (Å²) >= 11 is 0. The van der Waals surface area contributed by atoms with Crippen LogP contribution in [-0.4, -0.2) is 37.5 Å². The summed E-state index contributed by atoms with van der Waals surface area (Å²) in [6, 6.07) is 5.61. The van der Waals surface area contributed by atoms with Crippen molar-refractivity contribution in [3.8, 4) is 11.8 Å². The molecule has 4 aromatic heterocycles. The molecule has 8 heteroatoms. The van der Waals surface area contributed by atoms with Crippen molar-refractivity contribution in [1.29, 1.82) is 0 Å². The van der Waals surface area contributed by atoms with Crippen molar-refractivity contribution >= 4 is 34.0 Å². The van der Waals surface area contributed by atoms with Gasteiger partial charge in [0.1, 0.15) is 18.0 Å². The molecule has 1 aliphatic rings. The molecule has 5 rings (SSSR count). The van der Waals surface area contributed by atoms with Gasteiger partial charge in [0.2, 0.25) is 5.91 Å². The number of anilines is 2. The summed E-state index contributed by atoms with van der Waals surface area (Å²) in [5.74, 6) is 7.72. The van der Waals surface area contributed by atoms with E-state index in [9.17, 15) is 4.79 Å². The largest absolute Gasteiger partial charge is 0.373 e. The van der Waals surface area contributed by atoms with E-state index in [1.165, 1.54) is 6.33 Å². The first-order chi connectivity index (χ1) is 14.2. The highest BCUT2D eigenvalue weighted by Gasteiger charge is 2.29. The first-order valence-electron chi connectivity index (χ1n) is 9.30. The van der Waals surface area contributed by atoms with Crippen molar-refractivity contribution in [2.24, 2.45) is 5.92 Å². The third-order valence-corrected chi connectivity index (χ3v) is 4.83. The molecule has 1 saturated carbocycles. The van der Waals surface area contributed by atoms with E-state index in [-0.39, 0.29) is 11.8 Å². The van der Waals surface area contributed by atoms with Crippen molar-refractivity contribution in [2.45, 2.75) is 12.8 Å². The molecule has 2 N–H and O–H groups in total. The van der Waals surface area contributed by atoms with Gasteiger partial charge in [-0.1, -0.05) is 11.8 Å². The van der Waals surface area contributed by atoms with Gasteiger partial charge in [0.05, 0.1) is 5.56 Å². The molecule has 142 valence electrons. The number of fused-ring (bicyclic) bond motifs is 2. The second kappa shape index (κ2) is 6.87. The lowest BCUT2D eigenvalue weighted by atomic mass is 10.1. The Kier molecular flexibility index (Phi) is 4.06. The molecule has 0 unspecified atom stereocenters. The van der Waals surface area contributed by atoms with Gasteiger partial charge in [0.25, 0.3) is 0 Å². The van der Waals surface area contributed by atoms with Crippen LogP contribution in [0.1, 0.15) is 24.0 Å². The molecule has 4 heterocycles. The van der Waals surface area contributed by atoms with Crippen LogP contribution < -0.4 is 10.6 Å². The van der Waals surface area contributed by atoms with Gasteiger partial charge in [-0.05, 0) is 31.0 Å². The first-order valence-corrected chi connectivity index (χ1v) is 9.30. The van der Waals surface area contributed by atoms with Crippen LogP contribution in [0, 0.1) is 17.8 Å². The van der Waals surface area contributed by atoms with E-state index in [2.05, 4.69) is 42.5 Å². The fourth-order valence-corrected chi connectivity index (χ4v) is 3.11. The van der Waals surface area contributed by atoms with Gasteiger partial charge in [0, 0.05) is 47.9 Å². The van der Waals surface area contributed by atoms with Crippen LogP contribution in [0.25, 0.3) is 16.4 Å². The minimum atomic E-state index is 0.0222. The van der Waals surface area contributed by atoms with Crippen LogP contribution in [0.5, 0.6) is 0 Å². The number of aromatic nitrogens is 5. The molecule has 0 radical (unpaired) electrons. The van der Waals surface area contributed by atoms with E-state index >= 15 is 0 Å². The number of nitrogens with one attached hydrogen (secondary N) is 2. The zero-order valence-electron chi connectivity index (χ0n) is 15.7. The summed E-state index contributed by atoms with van der Waals surface area (Å²) in [5, 5.41) is 11.8. The topological polar surface area (TPSA) is 97.1 Å². The van der Waals surface area contributed by atoms with Gasteiger partial charge < -0.3 is 10.6 Å². The lowest BCUT2D eigenvalue weighted by molar-refractivity contribution is -0.117. The molecular weight excluding hydrogens is 366 g/mol. The lowest BCUT2D eigenvalue weighted by Gasteiger charge is -2.09. The molecule has 0 atom stereocenters. The molecule has 1 amide bonds. The van der Waals surface area contributed by atoms with Gasteiger partial charge in [-0.3, -0.25) is 4.79 Å². The van der Waals surface area contributed by atoms with E-state index in [1.54, 1.807) is 16.9 Å². The lowest BCUT2D eigenvalue weighted by Crippen LogP contribution is -2.14. The molecule has 0 aliphatic heterocycles. The molecule has 0 aromatic carbocycles. The summed E-state index contributed by atoms with van der Waals surface area (Å²) < 4.78 is 1.68. The van der Waals surface area contributed by atoms with E-state index in [0.717, 1.165) is 40.4 Å². The van der Waals surface area contributed by atoms with E-state index in [0.29, 0.717) is 11.6 Å². The standard InChI is InChI=1S/C21H17N7O/c1-22-20-17-11-23-18(27-21(29)14-4-5-14)9-16(17)15(10-24-20)3-2-13-6-7-28-19(8-13)25-12-26-28/h6-12,14H,4-5H2,1H3,(H,22,24)(H,23,27,29). The van der Waals surface area contributed by atoms with Crippen molar-refractivity contribution in [3.05, 3.63) is 54.2 Å². The highest BCUT2D eigenvalue weighted by atomic mass is 16.2. The number of pyridine rings is 3. The Morgan fingerprint density at radius 2 is 2.03 bits per heavy atom. The maximum absolute atomic E-state index is 12.1. The van der Waals surface area contributed by atoms with Crippen LogP contribution in [-0.2, 0) is 4.79 Å². The maximum atomic E-state index is 12.1. The zero-order chi connectivity index (χ0) is 19.8. The highest BCUT2D eigenvalue weighted by Crippen LogP contribution is 2.31. The number of amides is 1. The quantitative estimate of drug-likeness (QED) is 0.528. The van der Waals surface area contributed by atoms with Gasteiger partial charge in [-0.2, -0.15) is 5.10 Å². The number of hydrogen-bond donors (Lipinski definition) is 2. The van der Waals surface area contributed by atoms with Gasteiger partial charge in [-0.15, -0.1) is 0 Å². The van der Waals surface area contributed by atoms with Crippen LogP contribution in [0.3, 0.4) is 0 Å². The van der Waals surface area contributed by atoms with Gasteiger partial charge in [0.15, 0.2) is 5.65 Å². The molecule has 1 fully saturated rings. The predicted molar refractivity (Wildman–Crippen MR) is 109 cm³/mol. The third kappa shape index (κ3) is 3.34. The van der Waals surface area contributed by atoms with Gasteiger partial charge >= 0.3 is 0 Å². The van der Waals surface area contributed by atoms with Gasteiger partial charge in [-0.25, -0.2) is 19.5 Å². The van der Waals surface area contributed by atoms with Crippen molar-refractivity contribution in [1.82, 2.24) is 24.6 Å². The Morgan fingerprint density at radius 1 is 1.14 bits per heavy atom. The number of carbonyl (C=O) groups excluding carboxylic acids is 1. The minimum absolute atomic E-state index is 0.0222. The monoisotopic (exact) mass is 383 g/mol. The number of rotatable bonds is 3. The first kappa shape index (κ1) is 17.1. The van der Waals surface area contributed by atoms with Crippen molar-refractivity contribution in [3.63, 3.8) is 0 Å². The Bertz CT molecular complexity index is 1310. The van der Waals surface area contributed by atoms with Crippen LogP contribution in [0.4, 0.5) is 11.6 Å². The van der Waals surface area contributed by atoms with Crippen LogP contribution in [0.2, 0.25) is 0 Å². The fraction of sp³-hybridized carbons (Fsp3) is 0.190. The fourth-order valence-electron chi connectivity index (χ4n) is 3.11. The van der Waals surface area contributed by atoms with Crippen molar-refractivity contribution < 1.29 is 4.79 Å². The summed E-state index contributed by atoms with van der Waals surface area (Å²) in [5.41, 5.74) is 2.32. The zero-order valence-corrected chi connectivity index (χ0v) is 15.7. The maximum Gasteiger partial charge on any atom is 0.228 e. The summed E-state index contributed by atoms with van der Waals surface area (Å²) in [6.45, 7) is 0. The third-order valence-electron chi connectivity index (χ3n) is 4.83. The normalized spacial score (nSPS) is 13.1. The Balaban J connectivity index is 1.55. The average Bonchev–Trinajstić information content (AvgIpc) is 3.50. The molecule has 4 aromatic rings. The molecule has 29 heavy (non-hydrogen) atoms. The highest BCUT2D eigenvalue weighted by molar-refractivity contribution is 5.99. The summed E-state index contributed by atoms with van der Waals surface area (Å²) in [6.07, 6.45) is 8.65. The molecule has 0 saturated heterocycles. The van der Waals surface area contributed by atoms with E-state index in [4.69, 9.17) is 0 Å². The Labute approximate surface area is 166 Å². The SMILES string of the molecule is CNc1ncc(C#Cc2ccn3ncnc3c2)c2cc(NC(=O)C3CC3)ncc12. The smallest absolute Gasteiger partial charge is 0.228 e. The van der Waals surface area contributed by atoms with Crippen LogP contribution in [0.15, 0.2) is 43.1 Å². The molecule has 1 aliphatic carbocycles. The molecular formula is C21H17N7O. The van der Waals surface area contributed by atoms with Crippen molar-refractivity contribution in [2.75, 3.05) is 17.7 Å².